The van der Waals surface area contributed by atoms with Crippen LogP contribution in [0.4, 0.5) is 0 Å². The van der Waals surface area contributed by atoms with Crippen molar-refractivity contribution in [1.29, 1.82) is 0 Å². The lowest BCUT2D eigenvalue weighted by Gasteiger charge is -2.01. The molecule has 5 heteroatoms. The van der Waals surface area contributed by atoms with Crippen LogP contribution in [-0.2, 0) is 12.8 Å². The topological polar surface area (TPSA) is 51.0 Å². The zero-order valence-electron chi connectivity index (χ0n) is 9.32. The highest BCUT2D eigenvalue weighted by Gasteiger charge is 2.24. The van der Waals surface area contributed by atoms with Crippen molar-refractivity contribution < 1.29 is 4.52 Å². The maximum absolute atomic E-state index is 5.27. The lowest BCUT2D eigenvalue weighted by molar-refractivity contribution is 0.353. The highest BCUT2D eigenvalue weighted by Crippen LogP contribution is 2.31. The Morgan fingerprint density at radius 1 is 1.19 bits per heavy atom. The summed E-state index contributed by atoms with van der Waals surface area (Å²) in [6.45, 7) is 2.23. The summed E-state index contributed by atoms with van der Waals surface area (Å²) in [5.41, 5.74) is 0. The molecule has 1 atom stereocenters. The van der Waals surface area contributed by atoms with E-state index in [9.17, 15) is 0 Å². The number of nitrogens with one attached hydrogen (secondary N) is 1. The molecule has 0 spiro atoms. The molecular weight excluding hydrogens is 226 g/mol. The smallest absolute Gasteiger partial charge is 0.226 e. The second-order valence-corrected chi connectivity index (χ2v) is 4.81. The third-order valence-corrected chi connectivity index (χ3v) is 3.30. The van der Waals surface area contributed by atoms with E-state index in [2.05, 4.69) is 15.5 Å². The molecule has 1 N–H and O–H groups in total. The van der Waals surface area contributed by atoms with Crippen LogP contribution < -0.4 is 5.32 Å². The van der Waals surface area contributed by atoms with Crippen molar-refractivity contribution in [3.8, 4) is 0 Å². The highest BCUT2D eigenvalue weighted by atomic mass is 35.5. The molecule has 1 aromatic heterocycles. The van der Waals surface area contributed by atoms with Crippen molar-refractivity contribution in [2.75, 3.05) is 13.1 Å². The second kappa shape index (κ2) is 5.15. The quantitative estimate of drug-likeness (QED) is 0.873. The molecule has 16 heavy (non-hydrogen) atoms. The number of halogens is 1. The number of rotatable bonds is 4. The molecule has 1 saturated carbocycles. The van der Waals surface area contributed by atoms with Crippen molar-refractivity contribution >= 4 is 12.4 Å². The predicted molar refractivity (Wildman–Crippen MR) is 62.7 cm³/mol. The first kappa shape index (κ1) is 11.9. The number of hydrogen-bond acceptors (Lipinski definition) is 4. The maximum Gasteiger partial charge on any atom is 0.226 e. The van der Waals surface area contributed by atoms with Gasteiger partial charge in [-0.1, -0.05) is 5.16 Å². The first-order chi connectivity index (χ1) is 7.40. The number of aromatic nitrogens is 2. The number of hydrogen-bond donors (Lipinski definition) is 1. The second-order valence-electron chi connectivity index (χ2n) is 4.81. The first-order valence-electron chi connectivity index (χ1n) is 5.92. The molecule has 0 amide bonds. The van der Waals surface area contributed by atoms with E-state index >= 15 is 0 Å². The van der Waals surface area contributed by atoms with Gasteiger partial charge in [-0.3, -0.25) is 0 Å². The molecule has 0 aromatic carbocycles. The highest BCUT2D eigenvalue weighted by molar-refractivity contribution is 5.85. The van der Waals surface area contributed by atoms with Gasteiger partial charge in [0, 0.05) is 12.8 Å². The van der Waals surface area contributed by atoms with Crippen LogP contribution in [-0.4, -0.2) is 23.2 Å². The standard InChI is InChI=1S/C11H17N3O.ClH/c1-2-8(1)5-10-13-11(15-14-10)6-9-3-4-12-7-9;/h8-9,12H,1-7H2;1H. The Labute approximate surface area is 102 Å². The summed E-state index contributed by atoms with van der Waals surface area (Å²) in [4.78, 5) is 4.45. The van der Waals surface area contributed by atoms with Crippen LogP contribution in [0.15, 0.2) is 4.52 Å². The van der Waals surface area contributed by atoms with Crippen LogP contribution in [0.2, 0.25) is 0 Å². The number of nitrogens with zero attached hydrogens (tertiary/aromatic N) is 2. The van der Waals surface area contributed by atoms with Gasteiger partial charge in [0.2, 0.25) is 5.89 Å². The Morgan fingerprint density at radius 3 is 2.75 bits per heavy atom. The van der Waals surface area contributed by atoms with Crippen molar-refractivity contribution in [2.45, 2.75) is 32.1 Å². The van der Waals surface area contributed by atoms with Crippen LogP contribution in [0.1, 0.15) is 31.0 Å². The van der Waals surface area contributed by atoms with Crippen molar-refractivity contribution in [1.82, 2.24) is 15.5 Å². The summed E-state index contributed by atoms with van der Waals surface area (Å²) in [5.74, 6) is 3.28. The minimum Gasteiger partial charge on any atom is -0.339 e. The van der Waals surface area contributed by atoms with E-state index in [1.165, 1.54) is 19.3 Å². The Balaban J connectivity index is 0.000000963. The third kappa shape index (κ3) is 2.95. The van der Waals surface area contributed by atoms with Crippen LogP contribution in [0.25, 0.3) is 0 Å². The summed E-state index contributed by atoms with van der Waals surface area (Å²) in [7, 11) is 0. The van der Waals surface area contributed by atoms with Gasteiger partial charge < -0.3 is 9.84 Å². The average Bonchev–Trinajstić information content (AvgIpc) is 2.74. The monoisotopic (exact) mass is 243 g/mol. The molecule has 1 aliphatic carbocycles. The van der Waals surface area contributed by atoms with Gasteiger partial charge in [0.1, 0.15) is 0 Å². The van der Waals surface area contributed by atoms with Gasteiger partial charge in [0.25, 0.3) is 0 Å². The van der Waals surface area contributed by atoms with Crippen LogP contribution >= 0.6 is 12.4 Å². The summed E-state index contributed by atoms with van der Waals surface area (Å²) in [6.07, 6.45) is 5.89. The minimum atomic E-state index is 0. The summed E-state index contributed by atoms with van der Waals surface area (Å²) in [5, 5.41) is 7.38. The van der Waals surface area contributed by atoms with Gasteiger partial charge >= 0.3 is 0 Å². The summed E-state index contributed by atoms with van der Waals surface area (Å²) in [6, 6.07) is 0. The van der Waals surface area contributed by atoms with Gasteiger partial charge in [-0.05, 0) is 44.2 Å². The minimum absolute atomic E-state index is 0. The fourth-order valence-corrected chi connectivity index (χ4v) is 2.17. The maximum atomic E-state index is 5.27. The van der Waals surface area contributed by atoms with Crippen molar-refractivity contribution in [3.05, 3.63) is 11.7 Å². The van der Waals surface area contributed by atoms with E-state index in [1.807, 2.05) is 0 Å². The van der Waals surface area contributed by atoms with E-state index in [0.717, 1.165) is 43.6 Å². The van der Waals surface area contributed by atoms with Crippen molar-refractivity contribution in [2.24, 2.45) is 11.8 Å². The van der Waals surface area contributed by atoms with Gasteiger partial charge in [0.05, 0.1) is 0 Å². The fraction of sp³-hybridized carbons (Fsp3) is 0.818. The molecule has 2 heterocycles. The summed E-state index contributed by atoms with van der Waals surface area (Å²) >= 11 is 0. The molecule has 90 valence electrons. The molecule has 2 aliphatic rings. The molecule has 0 radical (unpaired) electrons. The fourth-order valence-electron chi connectivity index (χ4n) is 2.17. The Morgan fingerprint density at radius 2 is 2.06 bits per heavy atom. The van der Waals surface area contributed by atoms with Crippen LogP contribution in [0.3, 0.4) is 0 Å². The molecule has 1 saturated heterocycles. The largest absolute Gasteiger partial charge is 0.339 e. The van der Waals surface area contributed by atoms with E-state index in [1.54, 1.807) is 0 Å². The lowest BCUT2D eigenvalue weighted by Crippen LogP contribution is -2.10. The predicted octanol–water partition coefficient (Wildman–Crippen LogP) is 1.60. The third-order valence-electron chi connectivity index (χ3n) is 3.30. The zero-order valence-corrected chi connectivity index (χ0v) is 10.1. The molecular formula is C11H18ClN3O. The Bertz CT molecular complexity index is 332. The molecule has 2 fully saturated rings. The normalized spacial score (nSPS) is 24.4. The van der Waals surface area contributed by atoms with Gasteiger partial charge in [0.15, 0.2) is 5.82 Å². The van der Waals surface area contributed by atoms with Gasteiger partial charge in [-0.15, -0.1) is 12.4 Å². The van der Waals surface area contributed by atoms with E-state index in [-0.39, 0.29) is 12.4 Å². The Kier molecular flexibility index (Phi) is 3.82. The van der Waals surface area contributed by atoms with Gasteiger partial charge in [-0.25, -0.2) is 0 Å². The molecule has 0 bridgehead atoms. The average molecular weight is 244 g/mol. The van der Waals surface area contributed by atoms with Crippen LogP contribution in [0.5, 0.6) is 0 Å². The molecule has 4 nitrogen and oxygen atoms in total. The van der Waals surface area contributed by atoms with Crippen LogP contribution in [0, 0.1) is 11.8 Å². The van der Waals surface area contributed by atoms with E-state index < -0.39 is 0 Å². The summed E-state index contributed by atoms with van der Waals surface area (Å²) < 4.78 is 5.27. The SMILES string of the molecule is C1CC(Cc2nc(CC3CC3)no2)CN1.Cl. The lowest BCUT2D eigenvalue weighted by atomic mass is 10.1. The molecule has 1 aliphatic heterocycles. The first-order valence-corrected chi connectivity index (χ1v) is 5.92. The van der Waals surface area contributed by atoms with Gasteiger partial charge in [-0.2, -0.15) is 4.98 Å². The molecule has 1 unspecified atom stereocenters. The zero-order chi connectivity index (χ0) is 10.1. The molecule has 1 aromatic rings. The van der Waals surface area contributed by atoms with Crippen molar-refractivity contribution in [3.63, 3.8) is 0 Å². The van der Waals surface area contributed by atoms with E-state index in [4.69, 9.17) is 4.52 Å². The Hall–Kier alpha value is -0.610. The molecule has 3 rings (SSSR count). The van der Waals surface area contributed by atoms with E-state index in [0.29, 0.717) is 5.92 Å².